The second-order valence-corrected chi connectivity index (χ2v) is 12.3. The van der Waals surface area contributed by atoms with E-state index in [-0.39, 0.29) is 18.2 Å². The highest BCUT2D eigenvalue weighted by Crippen LogP contribution is 2.34. The minimum atomic E-state index is -1.15. The molecule has 2 fully saturated rings. The maximum absolute atomic E-state index is 12.1. The van der Waals surface area contributed by atoms with Crippen LogP contribution in [-0.2, 0) is 9.53 Å². The number of carbonyl (C=O) groups is 2. The molecule has 0 radical (unpaired) electrons. The molecule has 4 nitrogen and oxygen atoms in total. The Balaban J connectivity index is 1.85. The van der Waals surface area contributed by atoms with Crippen molar-refractivity contribution in [2.75, 3.05) is 6.61 Å². The summed E-state index contributed by atoms with van der Waals surface area (Å²) in [7, 11) is -1.15. The first-order valence-electron chi connectivity index (χ1n) is 6.83. The predicted octanol–water partition coefficient (Wildman–Crippen LogP) is 2.66. The zero-order valence-corrected chi connectivity index (χ0v) is 12.6. The smallest absolute Gasteiger partial charge is 0.410 e. The van der Waals surface area contributed by atoms with Crippen LogP contribution >= 0.6 is 0 Å². The van der Waals surface area contributed by atoms with E-state index in [1.807, 2.05) is 4.90 Å². The first-order valence-corrected chi connectivity index (χ1v) is 10.5. The van der Waals surface area contributed by atoms with E-state index in [2.05, 4.69) is 19.6 Å². The number of piperidine rings is 1. The fourth-order valence-electron chi connectivity index (χ4n) is 2.79. The summed E-state index contributed by atoms with van der Waals surface area (Å²) in [5, 5.41) is 0. The number of amides is 1. The molecule has 2 heterocycles. The Kier molecular flexibility index (Phi) is 3.80. The average Bonchev–Trinajstić information content (AvgIpc) is 2.49. The zero-order chi connectivity index (χ0) is 13.3. The van der Waals surface area contributed by atoms with Gasteiger partial charge in [0.2, 0.25) is 0 Å². The number of carbonyl (C=O) groups excluding carboxylic acids is 2. The Hall–Kier alpha value is -0.843. The fraction of sp³-hybridized carbons (Fsp3) is 0.846. The van der Waals surface area contributed by atoms with Crippen LogP contribution in [0.25, 0.3) is 0 Å². The number of rotatable bonds is 3. The normalized spacial score (nSPS) is 27.5. The second-order valence-electron chi connectivity index (χ2n) is 6.66. The van der Waals surface area contributed by atoms with Crippen molar-refractivity contribution in [2.24, 2.45) is 0 Å². The third-order valence-corrected chi connectivity index (χ3v) is 5.54. The second kappa shape index (κ2) is 5.03. The van der Waals surface area contributed by atoms with Gasteiger partial charge in [0.25, 0.3) is 0 Å². The van der Waals surface area contributed by atoms with E-state index in [1.54, 1.807) is 0 Å². The summed E-state index contributed by atoms with van der Waals surface area (Å²) in [6, 6.07) is 1.21. The van der Waals surface area contributed by atoms with Crippen molar-refractivity contribution in [3.8, 4) is 0 Å². The largest absolute Gasteiger partial charge is 0.450 e. The quantitative estimate of drug-likeness (QED) is 0.740. The van der Waals surface area contributed by atoms with Gasteiger partial charge in [-0.05, 0) is 18.9 Å². The van der Waals surface area contributed by atoms with Crippen LogP contribution < -0.4 is 0 Å². The lowest BCUT2D eigenvalue weighted by Crippen LogP contribution is -2.47. The van der Waals surface area contributed by atoms with Gasteiger partial charge < -0.3 is 9.64 Å². The Labute approximate surface area is 110 Å². The molecule has 2 saturated heterocycles. The monoisotopic (exact) mass is 269 g/mol. The van der Waals surface area contributed by atoms with Crippen molar-refractivity contribution in [1.29, 1.82) is 0 Å². The summed E-state index contributed by atoms with van der Waals surface area (Å²) in [5.74, 6) is 0.300. The van der Waals surface area contributed by atoms with Gasteiger partial charge in [-0.2, -0.15) is 0 Å². The molecule has 2 aliphatic heterocycles. The molecule has 2 unspecified atom stereocenters. The van der Waals surface area contributed by atoms with Crippen LogP contribution in [0.2, 0.25) is 25.7 Å². The fourth-order valence-corrected chi connectivity index (χ4v) is 3.50. The van der Waals surface area contributed by atoms with Gasteiger partial charge >= 0.3 is 6.09 Å². The molecule has 18 heavy (non-hydrogen) atoms. The molecule has 0 spiro atoms. The number of ketones is 1. The van der Waals surface area contributed by atoms with Crippen molar-refractivity contribution in [2.45, 2.75) is 63.5 Å². The van der Waals surface area contributed by atoms with E-state index in [4.69, 9.17) is 4.74 Å². The summed E-state index contributed by atoms with van der Waals surface area (Å²) < 4.78 is 5.38. The van der Waals surface area contributed by atoms with Gasteiger partial charge in [-0.3, -0.25) is 4.79 Å². The summed E-state index contributed by atoms with van der Waals surface area (Å²) in [6.07, 6.45) is 2.77. The van der Waals surface area contributed by atoms with E-state index in [0.29, 0.717) is 25.2 Å². The van der Waals surface area contributed by atoms with E-state index in [9.17, 15) is 9.59 Å². The SMILES string of the molecule is C[Si](C)(C)CCOC(=O)N1C2CCC1CC(=O)C2. The molecule has 0 aromatic heterocycles. The van der Waals surface area contributed by atoms with Crippen molar-refractivity contribution in [3.63, 3.8) is 0 Å². The molecule has 2 atom stereocenters. The van der Waals surface area contributed by atoms with E-state index in [0.717, 1.165) is 18.9 Å². The topological polar surface area (TPSA) is 46.6 Å². The number of hydrogen-bond acceptors (Lipinski definition) is 3. The molecule has 102 valence electrons. The lowest BCUT2D eigenvalue weighted by Gasteiger charge is -2.33. The standard InChI is InChI=1S/C13H23NO3Si/c1-18(2,3)7-6-17-13(16)14-10-4-5-11(14)9-12(15)8-10/h10-11H,4-9H2,1-3H3. The van der Waals surface area contributed by atoms with Gasteiger partial charge in [0, 0.05) is 33.0 Å². The van der Waals surface area contributed by atoms with Gasteiger partial charge in [0.1, 0.15) is 5.78 Å². The lowest BCUT2D eigenvalue weighted by atomic mass is 10.0. The summed E-state index contributed by atoms with van der Waals surface area (Å²) >= 11 is 0. The Morgan fingerprint density at radius 3 is 2.33 bits per heavy atom. The van der Waals surface area contributed by atoms with Crippen molar-refractivity contribution in [1.82, 2.24) is 4.90 Å². The predicted molar refractivity (Wildman–Crippen MR) is 72.4 cm³/mol. The lowest BCUT2D eigenvalue weighted by molar-refractivity contribution is -0.123. The van der Waals surface area contributed by atoms with Crippen LogP contribution in [0.1, 0.15) is 25.7 Å². The third-order valence-electron chi connectivity index (χ3n) is 3.83. The molecule has 2 bridgehead atoms. The highest BCUT2D eigenvalue weighted by atomic mass is 28.3. The molecule has 0 aromatic rings. The molecule has 0 aliphatic carbocycles. The van der Waals surface area contributed by atoms with E-state index < -0.39 is 8.07 Å². The molecular weight excluding hydrogens is 246 g/mol. The molecule has 5 heteroatoms. The Morgan fingerprint density at radius 1 is 1.28 bits per heavy atom. The van der Waals surface area contributed by atoms with E-state index >= 15 is 0 Å². The van der Waals surface area contributed by atoms with Crippen molar-refractivity contribution in [3.05, 3.63) is 0 Å². The number of ether oxygens (including phenoxy) is 1. The van der Waals surface area contributed by atoms with Crippen LogP contribution in [0, 0.1) is 0 Å². The van der Waals surface area contributed by atoms with Crippen LogP contribution in [0.15, 0.2) is 0 Å². The Bertz CT molecular complexity index is 335. The van der Waals surface area contributed by atoms with Crippen molar-refractivity contribution < 1.29 is 14.3 Å². The number of fused-ring (bicyclic) bond motifs is 2. The first-order chi connectivity index (χ1) is 8.37. The van der Waals surface area contributed by atoms with Gasteiger partial charge in [-0.1, -0.05) is 19.6 Å². The van der Waals surface area contributed by atoms with Gasteiger partial charge in [-0.15, -0.1) is 0 Å². The highest BCUT2D eigenvalue weighted by Gasteiger charge is 2.43. The summed E-state index contributed by atoms with van der Waals surface area (Å²) in [6.45, 7) is 7.33. The minimum Gasteiger partial charge on any atom is -0.450 e. The van der Waals surface area contributed by atoms with Gasteiger partial charge in [0.15, 0.2) is 0 Å². The van der Waals surface area contributed by atoms with Crippen molar-refractivity contribution >= 4 is 20.0 Å². The third kappa shape index (κ3) is 3.13. The van der Waals surface area contributed by atoms with Crippen LogP contribution in [-0.4, -0.2) is 43.5 Å². The molecule has 2 aliphatic rings. The first kappa shape index (κ1) is 13.6. The number of nitrogens with zero attached hydrogens (tertiary/aromatic N) is 1. The Morgan fingerprint density at radius 2 is 1.83 bits per heavy atom. The molecule has 0 saturated carbocycles. The van der Waals surface area contributed by atoms with Gasteiger partial charge in [0.05, 0.1) is 6.61 Å². The molecular formula is C13H23NO3Si. The summed E-state index contributed by atoms with van der Waals surface area (Å²) in [5.41, 5.74) is 0. The zero-order valence-electron chi connectivity index (χ0n) is 11.6. The molecule has 1 amide bonds. The van der Waals surface area contributed by atoms with Gasteiger partial charge in [-0.25, -0.2) is 4.79 Å². The minimum absolute atomic E-state index is 0.107. The molecule has 0 N–H and O–H groups in total. The van der Waals surface area contributed by atoms with E-state index in [1.165, 1.54) is 0 Å². The molecule has 0 aromatic carbocycles. The number of Topliss-reactive ketones (excluding diaryl/α,β-unsaturated/α-hetero) is 1. The maximum atomic E-state index is 12.1. The van der Waals surface area contributed by atoms with Crippen LogP contribution in [0.3, 0.4) is 0 Å². The number of hydrogen-bond donors (Lipinski definition) is 0. The summed E-state index contributed by atoms with van der Waals surface area (Å²) in [4.78, 5) is 25.3. The maximum Gasteiger partial charge on any atom is 0.410 e. The average molecular weight is 269 g/mol. The molecule has 2 rings (SSSR count). The van der Waals surface area contributed by atoms with Crippen LogP contribution in [0.5, 0.6) is 0 Å². The highest BCUT2D eigenvalue weighted by molar-refractivity contribution is 6.76. The van der Waals surface area contributed by atoms with Crippen LogP contribution in [0.4, 0.5) is 4.79 Å².